The van der Waals surface area contributed by atoms with Crippen LogP contribution >= 0.6 is 0 Å². The van der Waals surface area contributed by atoms with E-state index in [-0.39, 0.29) is 2.85 Å². The molecule has 10 heavy (non-hydrogen) atoms. The molecule has 0 amide bonds. The Balaban J connectivity index is -0.000000405. The van der Waals surface area contributed by atoms with Crippen molar-refractivity contribution in [2.75, 3.05) is 27.2 Å². The molecule has 2 nitrogen and oxygen atoms in total. The minimum atomic E-state index is 0. The van der Waals surface area contributed by atoms with E-state index >= 15 is 0 Å². The van der Waals surface area contributed by atoms with Crippen molar-refractivity contribution in [1.82, 2.24) is 10.6 Å². The van der Waals surface area contributed by atoms with Crippen molar-refractivity contribution >= 4 is 0 Å². The van der Waals surface area contributed by atoms with E-state index in [4.69, 9.17) is 0 Å². The zero-order chi connectivity index (χ0) is 7.66. The minimum absolute atomic E-state index is 0. The quantitative estimate of drug-likeness (QED) is 0.534. The third kappa shape index (κ3) is 7.92. The lowest BCUT2D eigenvalue weighted by Gasteiger charge is -1.99. The van der Waals surface area contributed by atoms with Crippen molar-refractivity contribution in [3.05, 3.63) is 0 Å². The van der Waals surface area contributed by atoms with Crippen molar-refractivity contribution in [3.63, 3.8) is 0 Å². The number of hydrogen-bond acceptors (Lipinski definition) is 2. The predicted octanol–water partition coefficient (Wildman–Crippen LogP) is 1.48. The van der Waals surface area contributed by atoms with Crippen LogP contribution in [0.2, 0.25) is 0 Å². The van der Waals surface area contributed by atoms with Crippen molar-refractivity contribution in [1.29, 1.82) is 0 Å². The van der Waals surface area contributed by atoms with Crippen molar-refractivity contribution in [2.45, 2.75) is 25.7 Å². The SMILES string of the molecule is CNCCCCCCNC.[HH].[HH]. The fraction of sp³-hybridized carbons (Fsp3) is 1.00. The van der Waals surface area contributed by atoms with Gasteiger partial charge < -0.3 is 10.6 Å². The first-order valence-electron chi connectivity index (χ1n) is 4.21. The van der Waals surface area contributed by atoms with Gasteiger partial charge >= 0.3 is 0 Å². The Morgan fingerprint density at radius 2 is 1.20 bits per heavy atom. The van der Waals surface area contributed by atoms with Gasteiger partial charge in [0.1, 0.15) is 0 Å². The van der Waals surface area contributed by atoms with Crippen LogP contribution in [0.15, 0.2) is 0 Å². The Kier molecular flexibility index (Phi) is 8.85. The van der Waals surface area contributed by atoms with E-state index in [1.165, 1.54) is 38.8 Å². The molecule has 0 fully saturated rings. The third-order valence-corrected chi connectivity index (χ3v) is 1.60. The summed E-state index contributed by atoms with van der Waals surface area (Å²) in [4.78, 5) is 0. The highest BCUT2D eigenvalue weighted by Crippen LogP contribution is 1.96. The molecule has 0 aromatic carbocycles. The molecule has 0 aliphatic carbocycles. The fourth-order valence-electron chi connectivity index (χ4n) is 0.957. The lowest BCUT2D eigenvalue weighted by atomic mass is 10.2. The highest BCUT2D eigenvalue weighted by molar-refractivity contribution is 4.46. The molecular formula is C8H24N2. The van der Waals surface area contributed by atoms with Gasteiger partial charge in [-0.05, 0) is 40.0 Å². The Bertz CT molecular complexity index is 55.0. The first kappa shape index (κ1) is 9.92. The molecule has 66 valence electrons. The van der Waals surface area contributed by atoms with Crippen molar-refractivity contribution in [2.24, 2.45) is 0 Å². The summed E-state index contributed by atoms with van der Waals surface area (Å²) in [6.45, 7) is 2.33. The largest absolute Gasteiger partial charge is 0.320 e. The molecule has 0 saturated heterocycles. The van der Waals surface area contributed by atoms with Gasteiger partial charge in [0.2, 0.25) is 0 Å². The van der Waals surface area contributed by atoms with Gasteiger partial charge in [-0.2, -0.15) is 0 Å². The van der Waals surface area contributed by atoms with Gasteiger partial charge in [0, 0.05) is 2.85 Å². The van der Waals surface area contributed by atoms with Gasteiger partial charge in [-0.25, -0.2) is 0 Å². The van der Waals surface area contributed by atoms with Crippen LogP contribution < -0.4 is 10.6 Å². The number of unbranched alkanes of at least 4 members (excludes halogenated alkanes) is 3. The summed E-state index contributed by atoms with van der Waals surface area (Å²) in [5, 5.41) is 6.29. The zero-order valence-corrected chi connectivity index (χ0v) is 7.24. The molecule has 0 aromatic heterocycles. The van der Waals surface area contributed by atoms with E-state index in [2.05, 4.69) is 10.6 Å². The Morgan fingerprint density at radius 1 is 0.800 bits per heavy atom. The minimum Gasteiger partial charge on any atom is -0.320 e. The van der Waals surface area contributed by atoms with Crippen molar-refractivity contribution < 1.29 is 2.85 Å². The van der Waals surface area contributed by atoms with Crippen LogP contribution in [-0.4, -0.2) is 27.2 Å². The average Bonchev–Trinajstić information content (AvgIpc) is 1.97. The van der Waals surface area contributed by atoms with Crippen LogP contribution in [0.3, 0.4) is 0 Å². The van der Waals surface area contributed by atoms with Crippen LogP contribution in [0.25, 0.3) is 0 Å². The molecule has 0 aliphatic heterocycles. The second-order valence-corrected chi connectivity index (χ2v) is 2.62. The van der Waals surface area contributed by atoms with Gasteiger partial charge in [0.25, 0.3) is 0 Å². The third-order valence-electron chi connectivity index (χ3n) is 1.60. The lowest BCUT2D eigenvalue weighted by molar-refractivity contribution is 0.600. The molecule has 0 heterocycles. The predicted molar refractivity (Wildman–Crippen MR) is 50.5 cm³/mol. The van der Waals surface area contributed by atoms with Gasteiger partial charge in [-0.15, -0.1) is 0 Å². The summed E-state index contributed by atoms with van der Waals surface area (Å²) in [7, 11) is 4.02. The Labute approximate surface area is 67.4 Å². The summed E-state index contributed by atoms with van der Waals surface area (Å²) in [6.07, 6.45) is 5.37. The van der Waals surface area contributed by atoms with E-state index in [0.29, 0.717) is 0 Å². The maximum absolute atomic E-state index is 3.14. The van der Waals surface area contributed by atoms with E-state index < -0.39 is 0 Å². The van der Waals surface area contributed by atoms with Gasteiger partial charge in [-0.3, -0.25) is 0 Å². The van der Waals surface area contributed by atoms with Crippen LogP contribution in [0, 0.1) is 0 Å². The summed E-state index contributed by atoms with van der Waals surface area (Å²) in [5.41, 5.74) is 0. The second-order valence-electron chi connectivity index (χ2n) is 2.62. The second kappa shape index (κ2) is 8.92. The summed E-state index contributed by atoms with van der Waals surface area (Å²) < 4.78 is 0. The monoisotopic (exact) mass is 148 g/mol. The fourth-order valence-corrected chi connectivity index (χ4v) is 0.957. The highest BCUT2D eigenvalue weighted by atomic mass is 14.8. The molecular weight excluding hydrogens is 124 g/mol. The molecule has 0 radical (unpaired) electrons. The van der Waals surface area contributed by atoms with Gasteiger partial charge in [-0.1, -0.05) is 12.8 Å². The number of nitrogens with one attached hydrogen (secondary N) is 2. The molecule has 0 bridgehead atoms. The standard InChI is InChI=1S/C8H20N2.2H2/c1-9-7-5-3-4-6-8-10-2;;/h9-10H,3-8H2,1-2H3;2*1H. The van der Waals surface area contributed by atoms with Crippen LogP contribution in [-0.2, 0) is 0 Å². The van der Waals surface area contributed by atoms with Crippen LogP contribution in [0.5, 0.6) is 0 Å². The molecule has 2 heteroatoms. The highest BCUT2D eigenvalue weighted by Gasteiger charge is 1.86. The molecule has 0 aromatic rings. The number of rotatable bonds is 7. The molecule has 0 unspecified atom stereocenters. The lowest BCUT2D eigenvalue weighted by Crippen LogP contribution is -2.09. The first-order valence-corrected chi connectivity index (χ1v) is 4.21. The first-order chi connectivity index (χ1) is 4.91. The maximum Gasteiger partial charge on any atom is 0 e. The smallest absolute Gasteiger partial charge is 0 e. The molecule has 0 rings (SSSR count). The van der Waals surface area contributed by atoms with Crippen LogP contribution in [0.1, 0.15) is 28.5 Å². The van der Waals surface area contributed by atoms with Crippen LogP contribution in [0.4, 0.5) is 0 Å². The average molecular weight is 148 g/mol. The van der Waals surface area contributed by atoms with Gasteiger partial charge in [0.05, 0.1) is 0 Å². The van der Waals surface area contributed by atoms with E-state index in [0.717, 1.165) is 0 Å². The zero-order valence-electron chi connectivity index (χ0n) is 7.24. The molecule has 0 saturated carbocycles. The number of hydrogen-bond donors (Lipinski definition) is 2. The maximum atomic E-state index is 3.14. The molecule has 0 aliphatic rings. The molecule has 0 atom stereocenters. The topological polar surface area (TPSA) is 24.1 Å². The summed E-state index contributed by atoms with van der Waals surface area (Å²) in [5.74, 6) is 0. The van der Waals surface area contributed by atoms with E-state index in [1.807, 2.05) is 14.1 Å². The summed E-state index contributed by atoms with van der Waals surface area (Å²) >= 11 is 0. The van der Waals surface area contributed by atoms with Crippen molar-refractivity contribution in [3.8, 4) is 0 Å². The normalized spacial score (nSPS) is 10.2. The Morgan fingerprint density at radius 3 is 1.50 bits per heavy atom. The van der Waals surface area contributed by atoms with Gasteiger partial charge in [0.15, 0.2) is 0 Å². The Hall–Kier alpha value is -0.0800. The molecule has 2 N–H and O–H groups in total. The van der Waals surface area contributed by atoms with E-state index in [9.17, 15) is 0 Å². The van der Waals surface area contributed by atoms with E-state index in [1.54, 1.807) is 0 Å². The molecule has 0 spiro atoms. The summed E-state index contributed by atoms with van der Waals surface area (Å²) in [6, 6.07) is 0.